The predicted octanol–water partition coefficient (Wildman–Crippen LogP) is 7.38. The van der Waals surface area contributed by atoms with Gasteiger partial charge in [-0.2, -0.15) is 0 Å². The second kappa shape index (κ2) is 18.3. The summed E-state index contributed by atoms with van der Waals surface area (Å²) in [4.78, 5) is 21.6. The molecule has 1 N–H and O–H groups in total. The Labute approximate surface area is 194 Å². The molecule has 0 heterocycles. The molecule has 0 amide bonds. The van der Waals surface area contributed by atoms with Gasteiger partial charge in [-0.25, -0.2) is 0 Å². The number of ether oxygens (including phenoxy) is 2. The summed E-state index contributed by atoms with van der Waals surface area (Å²) < 4.78 is 12.0. The van der Waals surface area contributed by atoms with Crippen LogP contribution >= 0.6 is 0 Å². The molecule has 0 bridgehead atoms. The number of carbonyl (C=O) groups excluding carboxylic acids is 1. The van der Waals surface area contributed by atoms with Crippen molar-refractivity contribution in [3.8, 4) is 11.5 Å². The minimum absolute atomic E-state index is 0.0837. The Morgan fingerprint density at radius 2 is 1.72 bits per heavy atom. The summed E-state index contributed by atoms with van der Waals surface area (Å²) in [5, 5.41) is 8.66. The highest BCUT2D eigenvalue weighted by molar-refractivity contribution is 5.76. The number of hydrogen-bond donors (Lipinski definition) is 1. The highest BCUT2D eigenvalue weighted by atomic mass is 16.5. The number of aliphatic carboxylic acids is 1. The van der Waals surface area contributed by atoms with Crippen molar-refractivity contribution < 1.29 is 24.2 Å². The van der Waals surface area contributed by atoms with E-state index >= 15 is 0 Å². The number of rotatable bonds is 20. The van der Waals surface area contributed by atoms with Crippen molar-refractivity contribution in [2.24, 2.45) is 0 Å². The van der Waals surface area contributed by atoms with Crippen LogP contribution in [0.25, 0.3) is 0 Å². The van der Waals surface area contributed by atoms with Crippen LogP contribution in [0, 0.1) is 0 Å². The van der Waals surface area contributed by atoms with Crippen LogP contribution in [0.1, 0.15) is 108 Å². The number of unbranched alkanes of at least 4 members (excludes halogenated alkanes) is 8. The van der Waals surface area contributed by atoms with E-state index in [4.69, 9.17) is 14.6 Å². The average Bonchev–Trinajstić information content (AvgIpc) is 2.78. The van der Waals surface area contributed by atoms with Gasteiger partial charge >= 0.3 is 5.97 Å². The number of carboxylic acids is 1. The van der Waals surface area contributed by atoms with E-state index in [1.54, 1.807) is 12.1 Å². The lowest BCUT2D eigenvalue weighted by atomic mass is 10.1. The molecule has 5 nitrogen and oxygen atoms in total. The van der Waals surface area contributed by atoms with Crippen molar-refractivity contribution in [2.75, 3.05) is 6.61 Å². The molecule has 32 heavy (non-hydrogen) atoms. The molecule has 0 fully saturated rings. The highest BCUT2D eigenvalue weighted by Gasteiger charge is 2.13. The van der Waals surface area contributed by atoms with Gasteiger partial charge in [0.25, 0.3) is 0 Å². The summed E-state index contributed by atoms with van der Waals surface area (Å²) in [6.07, 6.45) is 18.5. The van der Waals surface area contributed by atoms with Gasteiger partial charge in [-0.1, -0.05) is 57.6 Å². The molecule has 5 heteroatoms. The van der Waals surface area contributed by atoms with Gasteiger partial charge in [0.2, 0.25) is 0 Å². The minimum Gasteiger partial charge on any atom is -0.490 e. The van der Waals surface area contributed by atoms with Crippen LogP contribution in [0.5, 0.6) is 11.5 Å². The molecule has 180 valence electrons. The van der Waals surface area contributed by atoms with Gasteiger partial charge in [0, 0.05) is 18.4 Å². The lowest BCUT2D eigenvalue weighted by molar-refractivity contribution is -0.137. The van der Waals surface area contributed by atoms with E-state index in [9.17, 15) is 9.59 Å². The first-order valence-corrected chi connectivity index (χ1v) is 12.4. The summed E-state index contributed by atoms with van der Waals surface area (Å²) in [5.74, 6) is 0.627. The SMILES string of the molecule is CCCCCCC(C/C=C\CCCCCCCC(=O)O)Oc1ccc(C=O)cc1OCC. The Morgan fingerprint density at radius 3 is 2.44 bits per heavy atom. The van der Waals surface area contributed by atoms with Crippen LogP contribution in [-0.2, 0) is 4.79 Å². The van der Waals surface area contributed by atoms with Crippen molar-refractivity contribution in [1.82, 2.24) is 0 Å². The van der Waals surface area contributed by atoms with Gasteiger partial charge < -0.3 is 14.6 Å². The summed E-state index contributed by atoms with van der Waals surface area (Å²) >= 11 is 0. The molecule has 0 saturated carbocycles. The first kappa shape index (κ1) is 27.7. The van der Waals surface area contributed by atoms with E-state index in [1.165, 1.54) is 19.3 Å². The molecule has 1 unspecified atom stereocenters. The van der Waals surface area contributed by atoms with Crippen LogP contribution in [-0.4, -0.2) is 30.1 Å². The third-order valence-corrected chi connectivity index (χ3v) is 5.40. The molecule has 0 saturated heterocycles. The molecule has 1 aromatic rings. The van der Waals surface area contributed by atoms with Crippen LogP contribution in [0.3, 0.4) is 0 Å². The standard InChI is InChI=1S/C27H42O5/c1-3-5-6-13-16-24(17-14-11-9-7-8-10-12-15-18-27(29)30)32-25-20-19-23(22-28)21-26(25)31-4-2/h11,14,19-22,24H,3-10,12-13,15-18H2,1-2H3,(H,29,30)/b14-11-. The van der Waals surface area contributed by atoms with Crippen LogP contribution in [0.4, 0.5) is 0 Å². The van der Waals surface area contributed by atoms with E-state index in [0.717, 1.165) is 64.1 Å². The van der Waals surface area contributed by atoms with Gasteiger partial charge in [-0.15, -0.1) is 0 Å². The lowest BCUT2D eigenvalue weighted by Crippen LogP contribution is -2.16. The Hall–Kier alpha value is -2.30. The number of allylic oxidation sites excluding steroid dienone is 1. The molecule has 0 aliphatic rings. The maximum Gasteiger partial charge on any atom is 0.303 e. The van der Waals surface area contributed by atoms with Crippen LogP contribution in [0.15, 0.2) is 30.4 Å². The maximum atomic E-state index is 11.1. The number of hydrogen-bond acceptors (Lipinski definition) is 4. The normalized spacial score (nSPS) is 12.1. The molecule has 1 aromatic carbocycles. The summed E-state index contributed by atoms with van der Waals surface area (Å²) in [5.41, 5.74) is 0.586. The first-order chi connectivity index (χ1) is 15.6. The van der Waals surface area contributed by atoms with Crippen molar-refractivity contribution >= 4 is 12.3 Å². The van der Waals surface area contributed by atoms with E-state index < -0.39 is 5.97 Å². The lowest BCUT2D eigenvalue weighted by Gasteiger charge is -2.20. The van der Waals surface area contributed by atoms with E-state index in [1.807, 2.05) is 13.0 Å². The topological polar surface area (TPSA) is 72.8 Å². The van der Waals surface area contributed by atoms with Crippen LogP contribution < -0.4 is 9.47 Å². The second-order valence-electron chi connectivity index (χ2n) is 8.25. The van der Waals surface area contributed by atoms with Gasteiger partial charge in [0.05, 0.1) is 6.61 Å². The van der Waals surface area contributed by atoms with Gasteiger partial charge in [-0.05, 0) is 57.2 Å². The van der Waals surface area contributed by atoms with Gasteiger partial charge in [-0.3, -0.25) is 9.59 Å². The molecule has 1 rings (SSSR count). The zero-order valence-corrected chi connectivity index (χ0v) is 20.0. The molecule has 0 aliphatic carbocycles. The Bertz CT molecular complexity index is 668. The molecule has 0 radical (unpaired) electrons. The summed E-state index contributed by atoms with van der Waals surface area (Å²) in [7, 11) is 0. The molecule has 0 aliphatic heterocycles. The average molecular weight is 447 g/mol. The third-order valence-electron chi connectivity index (χ3n) is 5.40. The second-order valence-corrected chi connectivity index (χ2v) is 8.25. The minimum atomic E-state index is -0.701. The largest absolute Gasteiger partial charge is 0.490 e. The number of aldehydes is 1. The molecule has 1 atom stereocenters. The summed E-state index contributed by atoms with van der Waals surface area (Å²) in [6.45, 7) is 4.66. The quantitative estimate of drug-likeness (QED) is 0.128. The van der Waals surface area contributed by atoms with Gasteiger partial charge in [0.15, 0.2) is 11.5 Å². The number of carboxylic acid groups (broad SMARTS) is 1. The first-order valence-electron chi connectivity index (χ1n) is 12.4. The molecule has 0 aromatic heterocycles. The van der Waals surface area contributed by atoms with E-state index in [0.29, 0.717) is 23.7 Å². The van der Waals surface area contributed by atoms with Crippen molar-refractivity contribution in [3.63, 3.8) is 0 Å². The fraction of sp³-hybridized carbons (Fsp3) is 0.630. The van der Waals surface area contributed by atoms with Crippen molar-refractivity contribution in [3.05, 3.63) is 35.9 Å². The number of benzene rings is 1. The molecular formula is C27H42O5. The van der Waals surface area contributed by atoms with Crippen LogP contribution in [0.2, 0.25) is 0 Å². The zero-order valence-electron chi connectivity index (χ0n) is 20.0. The van der Waals surface area contributed by atoms with E-state index in [2.05, 4.69) is 19.1 Å². The zero-order chi connectivity index (χ0) is 23.4. The monoisotopic (exact) mass is 446 g/mol. The fourth-order valence-corrected chi connectivity index (χ4v) is 3.60. The maximum absolute atomic E-state index is 11.1. The molecular weight excluding hydrogens is 404 g/mol. The Kier molecular flexibility index (Phi) is 15.9. The van der Waals surface area contributed by atoms with Crippen molar-refractivity contribution in [1.29, 1.82) is 0 Å². The Morgan fingerprint density at radius 1 is 0.969 bits per heavy atom. The predicted molar refractivity (Wildman–Crippen MR) is 130 cm³/mol. The highest BCUT2D eigenvalue weighted by Crippen LogP contribution is 2.30. The molecule has 0 spiro atoms. The summed E-state index contributed by atoms with van der Waals surface area (Å²) in [6, 6.07) is 5.35. The van der Waals surface area contributed by atoms with Crippen molar-refractivity contribution in [2.45, 2.75) is 103 Å². The Balaban J connectivity index is 2.51. The van der Waals surface area contributed by atoms with E-state index in [-0.39, 0.29) is 12.5 Å². The number of carbonyl (C=O) groups is 2. The smallest absolute Gasteiger partial charge is 0.303 e. The fourth-order valence-electron chi connectivity index (χ4n) is 3.60. The van der Waals surface area contributed by atoms with Gasteiger partial charge in [0.1, 0.15) is 12.4 Å². The third kappa shape index (κ3) is 13.2.